The molecule has 4 aromatic rings. The van der Waals surface area contributed by atoms with Gasteiger partial charge in [0.2, 0.25) is 5.88 Å². The van der Waals surface area contributed by atoms with Gasteiger partial charge in [-0.15, -0.1) is 6.42 Å². The molecule has 2 aromatic carbocycles. The molecule has 0 radical (unpaired) electrons. The minimum Gasteiger partial charge on any atom is -0.508 e. The van der Waals surface area contributed by atoms with Crippen LogP contribution in [0, 0.1) is 18.2 Å². The average Bonchev–Trinajstić information content (AvgIpc) is 3.62. The molecule has 200 valence electrons. The van der Waals surface area contributed by atoms with E-state index in [-0.39, 0.29) is 40.0 Å². The van der Waals surface area contributed by atoms with Gasteiger partial charge >= 0.3 is 5.97 Å². The van der Waals surface area contributed by atoms with Gasteiger partial charge in [-0.25, -0.2) is 14.2 Å². The number of nitrogens with zero attached hydrogens (tertiary/aromatic N) is 4. The Hall–Kier alpha value is -3.87. The Morgan fingerprint density at radius 2 is 2.05 bits per heavy atom. The number of carbonyl (C=O) groups excluding carboxylic acids is 1. The molecule has 4 heterocycles. The smallest absolute Gasteiger partial charge is 0.343 e. The second kappa shape index (κ2) is 9.70. The summed E-state index contributed by atoms with van der Waals surface area (Å²) in [6, 6.07) is 5.86. The molecule has 2 aliphatic heterocycles. The van der Waals surface area contributed by atoms with E-state index in [9.17, 15) is 14.3 Å². The largest absolute Gasteiger partial charge is 0.508 e. The van der Waals surface area contributed by atoms with Crippen LogP contribution < -0.4 is 4.74 Å². The summed E-state index contributed by atoms with van der Waals surface area (Å²) in [7, 11) is 1.26. The summed E-state index contributed by atoms with van der Waals surface area (Å²) in [5.41, 5.74) is 1.34. The Balaban J connectivity index is 1.47. The van der Waals surface area contributed by atoms with E-state index in [2.05, 4.69) is 20.8 Å². The highest BCUT2D eigenvalue weighted by molar-refractivity contribution is 6.34. The minimum atomic E-state index is -0.682. The molecule has 0 saturated carbocycles. The Kier molecular flexibility index (Phi) is 6.32. The zero-order chi connectivity index (χ0) is 27.3. The van der Waals surface area contributed by atoms with E-state index in [1.165, 1.54) is 31.6 Å². The van der Waals surface area contributed by atoms with Crippen molar-refractivity contribution in [3.63, 3.8) is 0 Å². The molecule has 2 saturated heterocycles. The first-order chi connectivity index (χ1) is 18.8. The topological polar surface area (TPSA) is 89.7 Å². The number of fused-ring (bicyclic) bond motifs is 3. The van der Waals surface area contributed by atoms with E-state index in [4.69, 9.17) is 27.5 Å². The van der Waals surface area contributed by atoms with Crippen LogP contribution in [0.2, 0.25) is 5.15 Å². The molecule has 6 rings (SSSR count). The number of rotatable bonds is 6. The molecular weight excluding hydrogens is 523 g/mol. The number of methoxy groups -OCH3 is 1. The number of imidazole rings is 1. The van der Waals surface area contributed by atoms with Gasteiger partial charge in [-0.3, -0.25) is 4.90 Å². The third kappa shape index (κ3) is 4.15. The van der Waals surface area contributed by atoms with Crippen molar-refractivity contribution >= 4 is 39.4 Å². The first-order valence-corrected chi connectivity index (χ1v) is 13.1. The third-order valence-electron chi connectivity index (χ3n) is 7.98. The number of aromatic hydroxyl groups is 1. The predicted molar refractivity (Wildman–Crippen MR) is 145 cm³/mol. The van der Waals surface area contributed by atoms with Crippen molar-refractivity contribution in [1.29, 1.82) is 0 Å². The van der Waals surface area contributed by atoms with Crippen molar-refractivity contribution in [2.24, 2.45) is 0 Å². The average molecular weight is 549 g/mol. The number of halogens is 2. The Bertz CT molecular complexity index is 1670. The quantitative estimate of drug-likeness (QED) is 0.208. The molecule has 0 aliphatic carbocycles. The molecule has 0 unspecified atom stereocenters. The standard InChI is InChI=1S/C29H26ClFN4O4/c1-3-20-21(31)7-6-17-12-19(36)13-18(22(17)20)14-34-16-32-24-25(34)23(28(37)38-2)26(30)33-27(24)39-15-29-8-4-10-35(29)11-5-9-29/h1,6-7,12-13,16,36H,4-5,8-11,14-15H2,2H3. The molecule has 2 fully saturated rings. The number of ether oxygens (including phenoxy) is 2. The summed E-state index contributed by atoms with van der Waals surface area (Å²) in [5.74, 6) is 1.41. The number of pyridine rings is 1. The van der Waals surface area contributed by atoms with E-state index in [1.54, 1.807) is 10.6 Å². The number of esters is 1. The van der Waals surface area contributed by atoms with Gasteiger partial charge in [-0.2, -0.15) is 4.98 Å². The van der Waals surface area contributed by atoms with Crippen LogP contribution >= 0.6 is 11.6 Å². The van der Waals surface area contributed by atoms with Crippen molar-refractivity contribution in [2.45, 2.75) is 37.8 Å². The number of phenolic OH excluding ortho intramolecular Hbond substituents is 1. The van der Waals surface area contributed by atoms with Crippen molar-refractivity contribution in [1.82, 2.24) is 19.4 Å². The third-order valence-corrected chi connectivity index (χ3v) is 8.25. The van der Waals surface area contributed by atoms with Gasteiger partial charge in [-0.05, 0) is 67.9 Å². The van der Waals surface area contributed by atoms with E-state index in [0.717, 1.165) is 38.8 Å². The molecule has 0 spiro atoms. The van der Waals surface area contributed by atoms with Crippen LogP contribution in [-0.2, 0) is 11.3 Å². The van der Waals surface area contributed by atoms with E-state index >= 15 is 0 Å². The van der Waals surface area contributed by atoms with Gasteiger partial charge < -0.3 is 19.1 Å². The van der Waals surface area contributed by atoms with Crippen molar-refractivity contribution in [2.75, 3.05) is 26.8 Å². The second-order valence-electron chi connectivity index (χ2n) is 10.1. The summed E-state index contributed by atoms with van der Waals surface area (Å²) >= 11 is 6.55. The number of benzene rings is 2. The first-order valence-electron chi connectivity index (χ1n) is 12.8. The Morgan fingerprint density at radius 3 is 2.77 bits per heavy atom. The van der Waals surface area contributed by atoms with Crippen molar-refractivity contribution in [3.8, 4) is 24.0 Å². The maximum Gasteiger partial charge on any atom is 0.343 e. The lowest BCUT2D eigenvalue weighted by atomic mass is 9.95. The molecule has 39 heavy (non-hydrogen) atoms. The van der Waals surface area contributed by atoms with Crippen LogP contribution in [0.25, 0.3) is 21.8 Å². The monoisotopic (exact) mass is 548 g/mol. The maximum absolute atomic E-state index is 14.6. The SMILES string of the molecule is C#Cc1c(F)ccc2cc(O)cc(Cn3cnc4c(OCC56CCCN5CCC6)nc(Cl)c(C(=O)OC)c43)c12. The number of aromatic nitrogens is 3. The zero-order valence-electron chi connectivity index (χ0n) is 21.3. The molecule has 0 bridgehead atoms. The molecule has 8 nitrogen and oxygen atoms in total. The molecule has 2 aliphatic rings. The fourth-order valence-electron chi connectivity index (χ4n) is 6.22. The molecule has 10 heteroatoms. The first kappa shape index (κ1) is 25.4. The lowest BCUT2D eigenvalue weighted by Gasteiger charge is -2.31. The summed E-state index contributed by atoms with van der Waals surface area (Å²) in [6.07, 6.45) is 11.5. The lowest BCUT2D eigenvalue weighted by molar-refractivity contribution is 0.0602. The highest BCUT2D eigenvalue weighted by Crippen LogP contribution is 2.40. The fraction of sp³-hybridized carbons (Fsp3) is 0.345. The Labute approximate surface area is 229 Å². The molecule has 1 N–H and O–H groups in total. The van der Waals surface area contributed by atoms with E-state index in [0.29, 0.717) is 34.0 Å². The van der Waals surface area contributed by atoms with Crippen LogP contribution in [0.4, 0.5) is 4.39 Å². The summed E-state index contributed by atoms with van der Waals surface area (Å²) < 4.78 is 27.6. The normalized spacial score (nSPS) is 16.5. The highest BCUT2D eigenvalue weighted by atomic mass is 35.5. The molecule has 0 amide bonds. The summed E-state index contributed by atoms with van der Waals surface area (Å²) in [4.78, 5) is 24.3. The summed E-state index contributed by atoms with van der Waals surface area (Å²) in [5, 5.41) is 11.4. The van der Waals surface area contributed by atoms with Crippen molar-refractivity contribution in [3.05, 3.63) is 58.3 Å². The van der Waals surface area contributed by atoms with Crippen LogP contribution in [0.5, 0.6) is 11.6 Å². The van der Waals surface area contributed by atoms with Crippen LogP contribution in [0.3, 0.4) is 0 Å². The van der Waals surface area contributed by atoms with Crippen LogP contribution in [0.15, 0.2) is 30.6 Å². The molecule has 2 aromatic heterocycles. The summed E-state index contributed by atoms with van der Waals surface area (Å²) in [6.45, 7) is 2.65. The van der Waals surface area contributed by atoms with E-state index < -0.39 is 11.8 Å². The van der Waals surface area contributed by atoms with Gasteiger partial charge in [0.15, 0.2) is 5.52 Å². The number of hydrogen-bond donors (Lipinski definition) is 1. The van der Waals surface area contributed by atoms with Gasteiger partial charge in [0.1, 0.15) is 28.9 Å². The van der Waals surface area contributed by atoms with Gasteiger partial charge in [0.25, 0.3) is 0 Å². The number of terminal acetylenes is 1. The fourth-order valence-corrected chi connectivity index (χ4v) is 6.47. The van der Waals surface area contributed by atoms with E-state index in [1.807, 2.05) is 0 Å². The maximum atomic E-state index is 14.6. The van der Waals surface area contributed by atoms with Crippen molar-refractivity contribution < 1.29 is 23.8 Å². The van der Waals surface area contributed by atoms with Crippen LogP contribution in [0.1, 0.15) is 47.2 Å². The lowest BCUT2D eigenvalue weighted by Crippen LogP contribution is -2.43. The van der Waals surface area contributed by atoms with Gasteiger partial charge in [0, 0.05) is 11.9 Å². The van der Waals surface area contributed by atoms with Crippen LogP contribution in [-0.4, -0.2) is 62.9 Å². The second-order valence-corrected chi connectivity index (χ2v) is 10.5. The molecular formula is C29H26ClFN4O4. The predicted octanol–water partition coefficient (Wildman–Crippen LogP) is 4.91. The molecule has 0 atom stereocenters. The minimum absolute atomic E-state index is 0.00893. The zero-order valence-corrected chi connectivity index (χ0v) is 22.1. The van der Waals surface area contributed by atoms with Gasteiger partial charge in [0.05, 0.1) is 30.1 Å². The Morgan fingerprint density at radius 1 is 1.28 bits per heavy atom. The number of carbonyl (C=O) groups is 1. The highest BCUT2D eigenvalue weighted by Gasteiger charge is 2.45. The number of phenols is 1. The van der Waals surface area contributed by atoms with Gasteiger partial charge in [-0.1, -0.05) is 23.6 Å². The number of hydrogen-bond acceptors (Lipinski definition) is 7.